The van der Waals surface area contributed by atoms with Gasteiger partial charge in [0.1, 0.15) is 5.75 Å². The molecule has 1 aliphatic heterocycles. The van der Waals surface area contributed by atoms with Gasteiger partial charge in [-0.2, -0.15) is 4.31 Å². The molecule has 8 heteroatoms. The van der Waals surface area contributed by atoms with E-state index in [1.165, 1.54) is 0 Å². The van der Waals surface area contributed by atoms with Crippen LogP contribution >= 0.6 is 0 Å². The minimum absolute atomic E-state index is 0.00522. The van der Waals surface area contributed by atoms with Crippen molar-refractivity contribution in [3.05, 3.63) is 48.5 Å². The number of benzene rings is 2. The average molecular weight is 418 g/mol. The molecule has 1 aliphatic rings. The minimum atomic E-state index is -3.53. The highest BCUT2D eigenvalue weighted by molar-refractivity contribution is 7.89. The van der Waals surface area contributed by atoms with Crippen molar-refractivity contribution < 1.29 is 17.9 Å². The number of nitrogens with zero attached hydrogens (tertiary/aromatic N) is 1. The number of carbonyl (C=O) groups excluding carboxylic acids is 1. The lowest BCUT2D eigenvalue weighted by atomic mass is 10.2. The Kier molecular flexibility index (Phi) is 7.11. The number of hydrogen-bond donors (Lipinski definition) is 2. The molecule has 0 radical (unpaired) electrons. The van der Waals surface area contributed by atoms with Gasteiger partial charge in [0.15, 0.2) is 0 Å². The van der Waals surface area contributed by atoms with Crippen LogP contribution in [0.1, 0.15) is 25.7 Å². The first kappa shape index (κ1) is 21.1. The Morgan fingerprint density at radius 3 is 2.48 bits per heavy atom. The first-order valence-electron chi connectivity index (χ1n) is 9.77. The van der Waals surface area contributed by atoms with Crippen LogP contribution in [-0.2, 0) is 14.8 Å². The third-order valence-corrected chi connectivity index (χ3v) is 6.77. The summed E-state index contributed by atoms with van der Waals surface area (Å²) in [6.07, 6.45) is 3.91. The molecule has 0 aliphatic carbocycles. The molecule has 29 heavy (non-hydrogen) atoms. The molecule has 2 aromatic carbocycles. The van der Waals surface area contributed by atoms with Gasteiger partial charge in [0, 0.05) is 18.8 Å². The zero-order valence-corrected chi connectivity index (χ0v) is 17.4. The molecule has 1 amide bonds. The molecule has 0 atom stereocenters. The summed E-state index contributed by atoms with van der Waals surface area (Å²) in [5, 5.41) is 5.78. The van der Waals surface area contributed by atoms with Crippen molar-refractivity contribution in [2.24, 2.45) is 0 Å². The number of hydrogen-bond acceptors (Lipinski definition) is 5. The van der Waals surface area contributed by atoms with Crippen LogP contribution in [0.25, 0.3) is 0 Å². The Hall–Kier alpha value is -2.58. The second-order valence-electron chi connectivity index (χ2n) is 6.95. The summed E-state index contributed by atoms with van der Waals surface area (Å²) in [7, 11) is -1.99. The number of nitrogens with one attached hydrogen (secondary N) is 2. The highest BCUT2D eigenvalue weighted by atomic mass is 32.2. The van der Waals surface area contributed by atoms with Crippen molar-refractivity contribution in [3.8, 4) is 5.75 Å². The van der Waals surface area contributed by atoms with E-state index in [2.05, 4.69) is 10.6 Å². The van der Waals surface area contributed by atoms with Gasteiger partial charge in [0.05, 0.1) is 24.2 Å². The number of amides is 1. The van der Waals surface area contributed by atoms with Crippen LogP contribution in [0.5, 0.6) is 5.75 Å². The van der Waals surface area contributed by atoms with Gasteiger partial charge in [0.2, 0.25) is 15.9 Å². The highest BCUT2D eigenvalue weighted by Crippen LogP contribution is 2.24. The lowest BCUT2D eigenvalue weighted by Gasteiger charge is -2.20. The number of carbonyl (C=O) groups is 1. The lowest BCUT2D eigenvalue weighted by molar-refractivity contribution is -0.114. The Morgan fingerprint density at radius 2 is 1.76 bits per heavy atom. The van der Waals surface area contributed by atoms with Crippen molar-refractivity contribution in [1.29, 1.82) is 0 Å². The number of rotatable bonds is 7. The molecule has 0 bridgehead atoms. The van der Waals surface area contributed by atoms with E-state index in [-0.39, 0.29) is 17.3 Å². The van der Waals surface area contributed by atoms with Gasteiger partial charge in [-0.05, 0) is 43.2 Å². The number of sulfonamides is 1. The molecule has 2 aromatic rings. The number of para-hydroxylation sites is 2. The van der Waals surface area contributed by atoms with Crippen molar-refractivity contribution in [2.45, 2.75) is 30.6 Å². The molecule has 0 saturated carbocycles. The zero-order chi connectivity index (χ0) is 20.7. The van der Waals surface area contributed by atoms with E-state index in [4.69, 9.17) is 4.74 Å². The number of methoxy groups -OCH3 is 1. The van der Waals surface area contributed by atoms with Crippen LogP contribution in [0.2, 0.25) is 0 Å². The third kappa shape index (κ3) is 5.48. The van der Waals surface area contributed by atoms with Gasteiger partial charge in [0.25, 0.3) is 0 Å². The molecule has 0 spiro atoms. The third-order valence-electron chi connectivity index (χ3n) is 4.87. The molecule has 156 valence electrons. The minimum Gasteiger partial charge on any atom is -0.495 e. The molecule has 2 N–H and O–H groups in total. The van der Waals surface area contributed by atoms with Crippen LogP contribution in [0.3, 0.4) is 0 Å². The van der Waals surface area contributed by atoms with Crippen molar-refractivity contribution in [2.75, 3.05) is 37.4 Å². The predicted molar refractivity (Wildman–Crippen MR) is 114 cm³/mol. The van der Waals surface area contributed by atoms with Gasteiger partial charge in [-0.3, -0.25) is 4.79 Å². The first-order valence-corrected chi connectivity index (χ1v) is 11.2. The van der Waals surface area contributed by atoms with Crippen LogP contribution in [0.4, 0.5) is 11.4 Å². The molecule has 0 unspecified atom stereocenters. The van der Waals surface area contributed by atoms with Gasteiger partial charge >= 0.3 is 0 Å². The molecular weight excluding hydrogens is 390 g/mol. The van der Waals surface area contributed by atoms with E-state index in [1.807, 2.05) is 12.1 Å². The van der Waals surface area contributed by atoms with Gasteiger partial charge in [-0.25, -0.2) is 8.42 Å². The Bertz CT molecular complexity index is 938. The van der Waals surface area contributed by atoms with E-state index in [0.29, 0.717) is 30.2 Å². The Labute approximate surface area is 172 Å². The molecule has 1 fully saturated rings. The standard InChI is InChI=1S/C21H27N3O4S/c1-28-20-12-5-4-11-19(20)23-21(25)16-22-17-9-8-10-18(15-17)29(26,27)24-13-6-2-3-7-14-24/h4-5,8-12,15,22H,2-3,6-7,13-14,16H2,1H3,(H,23,25). The average Bonchev–Trinajstić information content (AvgIpc) is 3.03. The van der Waals surface area contributed by atoms with E-state index >= 15 is 0 Å². The maximum Gasteiger partial charge on any atom is 0.243 e. The maximum atomic E-state index is 12.9. The van der Waals surface area contributed by atoms with E-state index in [1.54, 1.807) is 47.8 Å². The summed E-state index contributed by atoms with van der Waals surface area (Å²) < 4.78 is 32.7. The fourth-order valence-electron chi connectivity index (χ4n) is 3.32. The first-order chi connectivity index (χ1) is 14.0. The van der Waals surface area contributed by atoms with Gasteiger partial charge in [-0.15, -0.1) is 0 Å². The second-order valence-corrected chi connectivity index (χ2v) is 8.89. The van der Waals surface area contributed by atoms with Crippen molar-refractivity contribution in [1.82, 2.24) is 4.31 Å². The predicted octanol–water partition coefficient (Wildman–Crippen LogP) is 3.31. The van der Waals surface area contributed by atoms with Crippen LogP contribution in [0, 0.1) is 0 Å². The van der Waals surface area contributed by atoms with E-state index < -0.39 is 10.0 Å². The fraction of sp³-hybridized carbons (Fsp3) is 0.381. The van der Waals surface area contributed by atoms with Crippen LogP contribution in [0.15, 0.2) is 53.4 Å². The monoisotopic (exact) mass is 417 g/mol. The number of ether oxygens (including phenoxy) is 1. The summed E-state index contributed by atoms with van der Waals surface area (Å²) in [4.78, 5) is 12.5. The summed E-state index contributed by atoms with van der Waals surface area (Å²) in [6.45, 7) is 1.12. The smallest absolute Gasteiger partial charge is 0.243 e. The molecule has 1 heterocycles. The van der Waals surface area contributed by atoms with E-state index in [0.717, 1.165) is 25.7 Å². The summed E-state index contributed by atoms with van der Waals surface area (Å²) >= 11 is 0. The van der Waals surface area contributed by atoms with Crippen molar-refractivity contribution >= 4 is 27.3 Å². The summed E-state index contributed by atoms with van der Waals surface area (Å²) in [6, 6.07) is 13.8. The maximum absolute atomic E-state index is 12.9. The SMILES string of the molecule is COc1ccccc1NC(=O)CNc1cccc(S(=O)(=O)N2CCCCCC2)c1. The van der Waals surface area contributed by atoms with Crippen molar-refractivity contribution in [3.63, 3.8) is 0 Å². The highest BCUT2D eigenvalue weighted by Gasteiger charge is 2.25. The topological polar surface area (TPSA) is 87.7 Å². The summed E-state index contributed by atoms with van der Waals surface area (Å²) in [5.74, 6) is 0.321. The normalized spacial score (nSPS) is 15.3. The van der Waals surface area contributed by atoms with Crippen LogP contribution in [-0.4, -0.2) is 45.4 Å². The molecule has 3 rings (SSSR count). The molecular formula is C21H27N3O4S. The van der Waals surface area contributed by atoms with E-state index in [9.17, 15) is 13.2 Å². The zero-order valence-electron chi connectivity index (χ0n) is 16.6. The lowest BCUT2D eigenvalue weighted by Crippen LogP contribution is -2.32. The summed E-state index contributed by atoms with van der Waals surface area (Å²) in [5.41, 5.74) is 1.16. The molecule has 1 saturated heterocycles. The number of anilines is 2. The largest absolute Gasteiger partial charge is 0.495 e. The Morgan fingerprint density at radius 1 is 1.03 bits per heavy atom. The fourth-order valence-corrected chi connectivity index (χ4v) is 4.89. The van der Waals surface area contributed by atoms with Gasteiger partial charge < -0.3 is 15.4 Å². The van der Waals surface area contributed by atoms with Crippen LogP contribution < -0.4 is 15.4 Å². The Balaban J connectivity index is 1.64. The molecule has 0 aromatic heterocycles. The second kappa shape index (κ2) is 9.76. The molecule has 7 nitrogen and oxygen atoms in total. The van der Waals surface area contributed by atoms with Gasteiger partial charge in [-0.1, -0.05) is 31.0 Å². The quantitative estimate of drug-likeness (QED) is 0.722.